The van der Waals surface area contributed by atoms with Crippen LogP contribution in [0.2, 0.25) is 0 Å². The molecular formula is C13H20BrN3. The lowest BCUT2D eigenvalue weighted by molar-refractivity contribution is 0.162. The zero-order valence-corrected chi connectivity index (χ0v) is 12.0. The minimum Gasteiger partial charge on any atom is -0.368 e. The van der Waals surface area contributed by atoms with Gasteiger partial charge in [-0.1, -0.05) is 22.0 Å². The van der Waals surface area contributed by atoms with Gasteiger partial charge in [-0.2, -0.15) is 0 Å². The minimum absolute atomic E-state index is 0.442. The van der Waals surface area contributed by atoms with Gasteiger partial charge in [0.2, 0.25) is 0 Å². The van der Waals surface area contributed by atoms with Crippen molar-refractivity contribution in [2.75, 3.05) is 31.6 Å². The second-order valence-electron chi connectivity index (χ2n) is 4.79. The molecule has 3 nitrogen and oxygen atoms in total. The van der Waals surface area contributed by atoms with Crippen molar-refractivity contribution in [1.29, 1.82) is 0 Å². The molecule has 0 bridgehead atoms. The molecule has 1 fully saturated rings. The van der Waals surface area contributed by atoms with Gasteiger partial charge < -0.3 is 10.6 Å². The summed E-state index contributed by atoms with van der Waals surface area (Å²) in [5.41, 5.74) is 7.12. The zero-order valence-electron chi connectivity index (χ0n) is 10.4. The molecule has 0 aliphatic carbocycles. The Kier molecular flexibility index (Phi) is 4.07. The van der Waals surface area contributed by atoms with Gasteiger partial charge in [0.15, 0.2) is 0 Å². The summed E-state index contributed by atoms with van der Waals surface area (Å²) in [5, 5.41) is 0. The number of nitrogens with two attached hydrogens (primary N) is 1. The topological polar surface area (TPSA) is 32.5 Å². The van der Waals surface area contributed by atoms with E-state index in [9.17, 15) is 0 Å². The van der Waals surface area contributed by atoms with Crippen LogP contribution in [0.15, 0.2) is 28.7 Å². The number of halogens is 1. The van der Waals surface area contributed by atoms with Crippen molar-refractivity contribution in [3.05, 3.63) is 28.7 Å². The second-order valence-corrected chi connectivity index (χ2v) is 5.70. The van der Waals surface area contributed by atoms with Gasteiger partial charge in [0.1, 0.15) is 0 Å². The Morgan fingerprint density at radius 3 is 2.82 bits per heavy atom. The average Bonchev–Trinajstić information content (AvgIpc) is 2.32. The van der Waals surface area contributed by atoms with Crippen LogP contribution in [0.5, 0.6) is 0 Å². The van der Waals surface area contributed by atoms with E-state index in [2.05, 4.69) is 64.0 Å². The number of nitrogens with zero attached hydrogens (tertiary/aromatic N) is 2. The highest BCUT2D eigenvalue weighted by molar-refractivity contribution is 9.10. The first kappa shape index (κ1) is 12.9. The lowest BCUT2D eigenvalue weighted by Crippen LogP contribution is -2.58. The number of hydrogen-bond donors (Lipinski definition) is 1. The van der Waals surface area contributed by atoms with Crippen molar-refractivity contribution in [3.63, 3.8) is 0 Å². The van der Waals surface area contributed by atoms with Gasteiger partial charge in [-0.3, -0.25) is 4.90 Å². The highest BCUT2D eigenvalue weighted by Gasteiger charge is 2.28. The van der Waals surface area contributed by atoms with E-state index in [1.807, 2.05) is 0 Å². The van der Waals surface area contributed by atoms with Crippen molar-refractivity contribution in [2.45, 2.75) is 19.0 Å². The predicted octanol–water partition coefficient (Wildman–Crippen LogP) is 1.92. The third-order valence-electron chi connectivity index (χ3n) is 3.63. The summed E-state index contributed by atoms with van der Waals surface area (Å²) in [6, 6.07) is 9.46. The summed E-state index contributed by atoms with van der Waals surface area (Å²) in [6.45, 7) is 5.04. The lowest BCUT2D eigenvalue weighted by atomic mass is 10.1. The highest BCUT2D eigenvalue weighted by Crippen LogP contribution is 2.24. The predicted molar refractivity (Wildman–Crippen MR) is 76.4 cm³/mol. The van der Waals surface area contributed by atoms with Crippen LogP contribution in [0.1, 0.15) is 6.92 Å². The number of benzene rings is 1. The maximum absolute atomic E-state index is 5.85. The summed E-state index contributed by atoms with van der Waals surface area (Å²) >= 11 is 3.53. The molecule has 1 saturated heterocycles. The smallest absolute Gasteiger partial charge is 0.0394 e. The summed E-state index contributed by atoms with van der Waals surface area (Å²) in [7, 11) is 2.17. The summed E-state index contributed by atoms with van der Waals surface area (Å²) < 4.78 is 1.13. The van der Waals surface area contributed by atoms with Crippen LogP contribution in [0.25, 0.3) is 0 Å². The number of anilines is 1. The van der Waals surface area contributed by atoms with Crippen molar-refractivity contribution in [1.82, 2.24) is 4.90 Å². The number of likely N-dealkylation sites (N-methyl/N-ethyl adjacent to an activating group) is 1. The van der Waals surface area contributed by atoms with Gasteiger partial charge in [-0.15, -0.1) is 0 Å². The first-order valence-corrected chi connectivity index (χ1v) is 6.83. The zero-order chi connectivity index (χ0) is 12.4. The third kappa shape index (κ3) is 2.81. The fourth-order valence-corrected chi connectivity index (χ4v) is 2.78. The molecule has 2 atom stereocenters. The van der Waals surface area contributed by atoms with E-state index in [4.69, 9.17) is 5.73 Å². The van der Waals surface area contributed by atoms with Crippen LogP contribution in [0, 0.1) is 0 Å². The molecule has 0 amide bonds. The molecule has 0 spiro atoms. The van der Waals surface area contributed by atoms with E-state index in [-0.39, 0.29) is 0 Å². The largest absolute Gasteiger partial charge is 0.368 e. The third-order valence-corrected chi connectivity index (χ3v) is 4.13. The van der Waals surface area contributed by atoms with E-state index in [1.165, 1.54) is 5.69 Å². The maximum atomic E-state index is 5.85. The van der Waals surface area contributed by atoms with Gasteiger partial charge in [0.25, 0.3) is 0 Å². The van der Waals surface area contributed by atoms with E-state index in [1.54, 1.807) is 0 Å². The molecule has 1 aliphatic rings. The van der Waals surface area contributed by atoms with Crippen molar-refractivity contribution in [3.8, 4) is 0 Å². The van der Waals surface area contributed by atoms with Crippen LogP contribution in [0.3, 0.4) is 0 Å². The van der Waals surface area contributed by atoms with Gasteiger partial charge in [-0.25, -0.2) is 0 Å². The highest BCUT2D eigenvalue weighted by atomic mass is 79.9. The van der Waals surface area contributed by atoms with Crippen LogP contribution >= 0.6 is 15.9 Å². The molecule has 17 heavy (non-hydrogen) atoms. The van der Waals surface area contributed by atoms with Crippen LogP contribution in [-0.4, -0.2) is 43.7 Å². The Balaban J connectivity index is 2.17. The molecule has 4 heteroatoms. The van der Waals surface area contributed by atoms with Crippen molar-refractivity contribution >= 4 is 21.6 Å². The summed E-state index contributed by atoms with van der Waals surface area (Å²) in [6.07, 6.45) is 0. The Morgan fingerprint density at radius 1 is 1.41 bits per heavy atom. The number of piperazine rings is 1. The molecule has 1 aromatic carbocycles. The average molecular weight is 298 g/mol. The summed E-state index contributed by atoms with van der Waals surface area (Å²) in [5.74, 6) is 0. The fourth-order valence-electron chi connectivity index (χ4n) is 2.39. The minimum atomic E-state index is 0.442. The molecule has 0 aromatic heterocycles. The number of hydrogen-bond acceptors (Lipinski definition) is 3. The van der Waals surface area contributed by atoms with Crippen LogP contribution in [-0.2, 0) is 0 Å². The van der Waals surface area contributed by atoms with E-state index in [0.717, 1.165) is 17.6 Å². The van der Waals surface area contributed by atoms with E-state index < -0.39 is 0 Å². The van der Waals surface area contributed by atoms with E-state index in [0.29, 0.717) is 18.6 Å². The van der Waals surface area contributed by atoms with Gasteiger partial charge >= 0.3 is 0 Å². The van der Waals surface area contributed by atoms with Crippen molar-refractivity contribution in [2.24, 2.45) is 5.73 Å². The SMILES string of the molecule is CC1CN(c2cccc(Br)c2)CC(CN)N1C. The van der Waals surface area contributed by atoms with E-state index >= 15 is 0 Å². The Morgan fingerprint density at radius 2 is 2.18 bits per heavy atom. The van der Waals surface area contributed by atoms with Gasteiger partial charge in [-0.05, 0) is 32.2 Å². The molecule has 2 unspecified atom stereocenters. The second kappa shape index (κ2) is 5.38. The normalized spacial score (nSPS) is 26.2. The molecule has 94 valence electrons. The molecule has 0 radical (unpaired) electrons. The fraction of sp³-hybridized carbons (Fsp3) is 0.538. The lowest BCUT2D eigenvalue weighted by Gasteiger charge is -2.44. The first-order chi connectivity index (χ1) is 8.11. The first-order valence-electron chi connectivity index (χ1n) is 6.04. The molecule has 2 rings (SSSR count). The monoisotopic (exact) mass is 297 g/mol. The number of rotatable bonds is 2. The van der Waals surface area contributed by atoms with Crippen LogP contribution in [0.4, 0.5) is 5.69 Å². The molecule has 2 N–H and O–H groups in total. The standard InChI is InChI=1S/C13H20BrN3/c1-10-8-17(9-13(7-15)16(10)2)12-5-3-4-11(14)6-12/h3-6,10,13H,7-9,15H2,1-2H3. The Bertz CT molecular complexity index is 383. The molecule has 1 aliphatic heterocycles. The molecule has 1 aromatic rings. The molecule has 0 saturated carbocycles. The van der Waals surface area contributed by atoms with Gasteiger partial charge in [0, 0.05) is 41.9 Å². The Hall–Kier alpha value is -0.580. The summed E-state index contributed by atoms with van der Waals surface area (Å²) in [4.78, 5) is 4.81. The van der Waals surface area contributed by atoms with Gasteiger partial charge in [0.05, 0.1) is 0 Å². The quantitative estimate of drug-likeness (QED) is 0.905. The maximum Gasteiger partial charge on any atom is 0.0394 e. The Labute approximate surface area is 112 Å². The van der Waals surface area contributed by atoms with Crippen LogP contribution < -0.4 is 10.6 Å². The van der Waals surface area contributed by atoms with Crippen molar-refractivity contribution < 1.29 is 0 Å². The molecule has 1 heterocycles. The molecular weight excluding hydrogens is 278 g/mol.